The quantitative estimate of drug-likeness (QED) is 0.598. The zero-order valence-corrected chi connectivity index (χ0v) is 15.5. The lowest BCUT2D eigenvalue weighted by atomic mass is 10.0. The maximum Gasteiger partial charge on any atom is 0.416 e. The molecule has 0 aliphatic carbocycles. The maximum absolute atomic E-state index is 13.2. The average Bonchev–Trinajstić information content (AvgIpc) is 3.15. The molecule has 1 aromatic heterocycles. The Morgan fingerprint density at radius 1 is 1.07 bits per heavy atom. The van der Waals surface area contributed by atoms with Gasteiger partial charge in [0.05, 0.1) is 22.0 Å². The number of benzene rings is 2. The van der Waals surface area contributed by atoms with Crippen molar-refractivity contribution in [2.45, 2.75) is 26.4 Å². The molecule has 4 rings (SSSR count). The van der Waals surface area contributed by atoms with E-state index < -0.39 is 11.7 Å². The first-order chi connectivity index (χ1) is 12.7. The van der Waals surface area contributed by atoms with Gasteiger partial charge in [0, 0.05) is 17.7 Å². The average molecular weight is 392 g/mol. The van der Waals surface area contributed by atoms with Crippen LogP contribution in [-0.4, -0.2) is 16.3 Å². The van der Waals surface area contributed by atoms with Crippen LogP contribution in [0.5, 0.6) is 0 Å². The zero-order valence-electron chi connectivity index (χ0n) is 14.8. The molecule has 3 nitrogen and oxygen atoms in total. The van der Waals surface area contributed by atoms with E-state index in [-0.39, 0.29) is 10.7 Å². The minimum absolute atomic E-state index is 0.216. The van der Waals surface area contributed by atoms with Gasteiger partial charge in [-0.05, 0) is 50.6 Å². The van der Waals surface area contributed by atoms with Crippen molar-refractivity contribution in [2.75, 3.05) is 11.9 Å². The molecule has 27 heavy (non-hydrogen) atoms. The van der Waals surface area contributed by atoms with Gasteiger partial charge >= 0.3 is 6.18 Å². The minimum atomic E-state index is -4.44. The summed E-state index contributed by atoms with van der Waals surface area (Å²) in [5, 5.41) is 8.09. The Balaban J connectivity index is 1.92. The van der Waals surface area contributed by atoms with Gasteiger partial charge in [-0.3, -0.25) is 0 Å². The summed E-state index contributed by atoms with van der Waals surface area (Å²) in [6.45, 7) is 4.73. The molecule has 0 bridgehead atoms. The molecule has 1 aliphatic rings. The minimum Gasteiger partial charge on any atom is -0.369 e. The van der Waals surface area contributed by atoms with Crippen molar-refractivity contribution in [3.05, 3.63) is 63.7 Å². The van der Waals surface area contributed by atoms with Gasteiger partial charge in [-0.1, -0.05) is 28.8 Å². The van der Waals surface area contributed by atoms with Crippen molar-refractivity contribution in [1.29, 1.82) is 0 Å². The van der Waals surface area contributed by atoms with E-state index in [1.54, 1.807) is 0 Å². The second-order valence-electron chi connectivity index (χ2n) is 6.80. The fraction of sp³-hybridized carbons (Fsp3) is 0.250. The Hall–Kier alpha value is -2.47. The zero-order chi connectivity index (χ0) is 19.3. The van der Waals surface area contributed by atoms with Crippen LogP contribution in [0.2, 0.25) is 5.02 Å². The van der Waals surface area contributed by atoms with E-state index in [1.807, 2.05) is 26.0 Å². The second-order valence-corrected chi connectivity index (χ2v) is 7.21. The van der Waals surface area contributed by atoms with E-state index in [0.29, 0.717) is 12.4 Å². The monoisotopic (exact) mass is 391 g/mol. The summed E-state index contributed by atoms with van der Waals surface area (Å²) in [6.07, 6.45) is -3.69. The number of fused-ring (bicyclic) bond motifs is 1. The molecule has 2 aromatic carbocycles. The van der Waals surface area contributed by atoms with E-state index in [4.69, 9.17) is 11.6 Å². The number of alkyl halides is 3. The fourth-order valence-electron chi connectivity index (χ4n) is 3.54. The van der Waals surface area contributed by atoms with Gasteiger partial charge in [-0.15, -0.1) is 0 Å². The van der Waals surface area contributed by atoms with E-state index in [1.165, 1.54) is 10.7 Å². The summed E-state index contributed by atoms with van der Waals surface area (Å²) in [7, 11) is 0. The molecule has 140 valence electrons. The number of nitrogens with one attached hydrogen (secondary N) is 1. The molecule has 7 heteroatoms. The molecule has 0 atom stereocenters. The third kappa shape index (κ3) is 3.18. The molecular formula is C20H17ClF3N3. The van der Waals surface area contributed by atoms with Crippen molar-refractivity contribution >= 4 is 17.4 Å². The Labute approximate surface area is 159 Å². The number of halogens is 4. The first kappa shape index (κ1) is 17.9. The number of anilines is 1. The van der Waals surface area contributed by atoms with Gasteiger partial charge < -0.3 is 5.32 Å². The molecule has 0 saturated carbocycles. The largest absolute Gasteiger partial charge is 0.416 e. The Bertz CT molecular complexity index is 1020. The van der Waals surface area contributed by atoms with Crippen LogP contribution in [0.1, 0.15) is 22.3 Å². The van der Waals surface area contributed by atoms with Gasteiger partial charge in [0.1, 0.15) is 5.82 Å². The highest BCUT2D eigenvalue weighted by Crippen LogP contribution is 2.38. The number of aryl methyl sites for hydroxylation is 2. The van der Waals surface area contributed by atoms with E-state index in [0.717, 1.165) is 46.5 Å². The van der Waals surface area contributed by atoms with Crippen LogP contribution in [0, 0.1) is 13.8 Å². The van der Waals surface area contributed by atoms with Crippen LogP contribution >= 0.6 is 11.6 Å². The van der Waals surface area contributed by atoms with Gasteiger partial charge in [-0.25, -0.2) is 4.68 Å². The molecule has 0 amide bonds. The van der Waals surface area contributed by atoms with Crippen LogP contribution in [0.25, 0.3) is 16.9 Å². The third-order valence-electron chi connectivity index (χ3n) is 4.65. The Morgan fingerprint density at radius 3 is 2.44 bits per heavy atom. The summed E-state index contributed by atoms with van der Waals surface area (Å²) < 4.78 is 41.0. The van der Waals surface area contributed by atoms with Gasteiger partial charge in [0.2, 0.25) is 0 Å². The van der Waals surface area contributed by atoms with Crippen LogP contribution in [0.3, 0.4) is 0 Å². The van der Waals surface area contributed by atoms with Gasteiger partial charge in [0.25, 0.3) is 0 Å². The van der Waals surface area contributed by atoms with Crippen LogP contribution in [0.4, 0.5) is 19.0 Å². The van der Waals surface area contributed by atoms with E-state index in [2.05, 4.69) is 16.5 Å². The van der Waals surface area contributed by atoms with Gasteiger partial charge in [0.15, 0.2) is 0 Å². The van der Waals surface area contributed by atoms with Gasteiger partial charge in [-0.2, -0.15) is 18.3 Å². The van der Waals surface area contributed by atoms with Crippen molar-refractivity contribution in [1.82, 2.24) is 9.78 Å². The molecule has 0 unspecified atom stereocenters. The summed E-state index contributed by atoms with van der Waals surface area (Å²) >= 11 is 6.23. The maximum atomic E-state index is 13.2. The van der Waals surface area contributed by atoms with E-state index in [9.17, 15) is 13.2 Å². The number of hydrogen-bond donors (Lipinski definition) is 1. The van der Waals surface area contributed by atoms with Crippen LogP contribution in [0.15, 0.2) is 36.4 Å². The summed E-state index contributed by atoms with van der Waals surface area (Å²) in [4.78, 5) is 0. The molecule has 0 saturated heterocycles. The SMILES string of the molecule is Cc1cc(C)cc(-c2nn(-c3cc(C(F)(F)F)ccc3Cl)c3c2CCN3)c1. The second kappa shape index (κ2) is 6.30. The number of rotatable bonds is 2. The van der Waals surface area contributed by atoms with Crippen LogP contribution in [-0.2, 0) is 12.6 Å². The molecule has 1 aliphatic heterocycles. The summed E-state index contributed by atoms with van der Waals surface area (Å²) in [5.41, 5.74) is 4.40. The molecular weight excluding hydrogens is 375 g/mol. The molecule has 0 fully saturated rings. The van der Waals surface area contributed by atoms with Crippen molar-refractivity contribution in [3.63, 3.8) is 0 Å². The lowest BCUT2D eigenvalue weighted by Crippen LogP contribution is -2.09. The highest BCUT2D eigenvalue weighted by molar-refractivity contribution is 6.32. The lowest BCUT2D eigenvalue weighted by Gasteiger charge is -2.12. The smallest absolute Gasteiger partial charge is 0.369 e. The van der Waals surface area contributed by atoms with Crippen molar-refractivity contribution in [2.24, 2.45) is 0 Å². The number of aromatic nitrogens is 2. The first-order valence-corrected chi connectivity index (χ1v) is 8.93. The molecule has 0 spiro atoms. The van der Waals surface area contributed by atoms with Crippen molar-refractivity contribution in [3.8, 4) is 16.9 Å². The Morgan fingerprint density at radius 2 is 1.78 bits per heavy atom. The highest BCUT2D eigenvalue weighted by Gasteiger charge is 2.32. The molecule has 1 N–H and O–H groups in total. The standard InChI is InChI=1S/C20H17ClF3N3/c1-11-7-12(2)9-13(8-11)18-15-5-6-25-19(15)27(26-18)17-10-14(20(22,23)24)3-4-16(17)21/h3-4,7-10,25H,5-6H2,1-2H3. The normalized spacial score (nSPS) is 13.6. The fourth-order valence-corrected chi connectivity index (χ4v) is 3.74. The number of hydrogen-bond acceptors (Lipinski definition) is 2. The Kier molecular flexibility index (Phi) is 4.18. The van der Waals surface area contributed by atoms with E-state index >= 15 is 0 Å². The topological polar surface area (TPSA) is 29.9 Å². The highest BCUT2D eigenvalue weighted by atomic mass is 35.5. The third-order valence-corrected chi connectivity index (χ3v) is 4.97. The first-order valence-electron chi connectivity index (χ1n) is 8.55. The predicted molar refractivity (Wildman–Crippen MR) is 101 cm³/mol. The van der Waals surface area contributed by atoms with Crippen LogP contribution < -0.4 is 5.32 Å². The molecule has 3 aromatic rings. The molecule has 2 heterocycles. The predicted octanol–water partition coefficient (Wildman–Crippen LogP) is 5.80. The lowest BCUT2D eigenvalue weighted by molar-refractivity contribution is -0.137. The molecule has 0 radical (unpaired) electrons. The van der Waals surface area contributed by atoms with Crippen molar-refractivity contribution < 1.29 is 13.2 Å². The summed E-state index contributed by atoms with van der Waals surface area (Å²) in [6, 6.07) is 9.43. The number of nitrogens with zero attached hydrogens (tertiary/aromatic N) is 2. The summed E-state index contributed by atoms with van der Waals surface area (Å²) in [5.74, 6) is 0.699.